The fourth-order valence-corrected chi connectivity index (χ4v) is 3.97. The van der Waals surface area contributed by atoms with Crippen LogP contribution in [0.15, 0.2) is 17.5 Å². The van der Waals surface area contributed by atoms with Crippen LogP contribution in [-0.4, -0.2) is 30.8 Å². The Kier molecular flexibility index (Phi) is 6.24. The zero-order valence-corrected chi connectivity index (χ0v) is 13.6. The zero-order valence-electron chi connectivity index (χ0n) is 12.8. The summed E-state index contributed by atoms with van der Waals surface area (Å²) in [4.78, 5) is 15.9. The first kappa shape index (κ1) is 15.7. The predicted octanol–water partition coefficient (Wildman–Crippen LogP) is 4.01. The Morgan fingerprint density at radius 2 is 2.30 bits per heavy atom. The molecule has 0 aromatic carbocycles. The van der Waals surface area contributed by atoms with Crippen LogP contribution in [0, 0.1) is 11.8 Å². The van der Waals surface area contributed by atoms with Crippen LogP contribution >= 0.6 is 11.3 Å². The molecule has 0 N–H and O–H groups in total. The number of thiophene rings is 1. The summed E-state index contributed by atoms with van der Waals surface area (Å²) in [7, 11) is 2.16. The second-order valence-corrected chi connectivity index (χ2v) is 7.22. The number of Topliss-reactive ketones (excluding diaryl/α,β-unsaturated/α-hetero) is 1. The van der Waals surface area contributed by atoms with Gasteiger partial charge in [0.2, 0.25) is 0 Å². The normalized spacial score (nSPS) is 23.4. The number of carbonyl (C=O) groups is 1. The van der Waals surface area contributed by atoms with Gasteiger partial charge in [0.25, 0.3) is 0 Å². The van der Waals surface area contributed by atoms with Gasteiger partial charge in [-0.05, 0) is 43.7 Å². The molecule has 2 rings (SSSR count). The average Bonchev–Trinajstić information content (AvgIpc) is 2.94. The molecule has 20 heavy (non-hydrogen) atoms. The van der Waals surface area contributed by atoms with Crippen LogP contribution in [0.5, 0.6) is 0 Å². The number of likely N-dealkylation sites (N-methyl/N-ethyl adjacent to an activating group) is 1. The molecule has 112 valence electrons. The quantitative estimate of drug-likeness (QED) is 0.757. The lowest BCUT2D eigenvalue weighted by molar-refractivity contribution is -0.126. The highest BCUT2D eigenvalue weighted by molar-refractivity contribution is 7.09. The first-order valence-corrected chi connectivity index (χ1v) is 8.80. The Morgan fingerprint density at radius 1 is 1.45 bits per heavy atom. The SMILES string of the molecule is CCCC1CCC(=O)C(CN(C)CCc2cccs2)C1. The Labute approximate surface area is 127 Å². The number of hydrogen-bond donors (Lipinski definition) is 0. The second-order valence-electron chi connectivity index (χ2n) is 6.18. The minimum atomic E-state index is 0.286. The smallest absolute Gasteiger partial charge is 0.137 e. The van der Waals surface area contributed by atoms with Crippen LogP contribution < -0.4 is 0 Å². The van der Waals surface area contributed by atoms with Gasteiger partial charge in [-0.15, -0.1) is 11.3 Å². The van der Waals surface area contributed by atoms with Gasteiger partial charge in [-0.25, -0.2) is 0 Å². The molecule has 1 aliphatic rings. The lowest BCUT2D eigenvalue weighted by Crippen LogP contribution is -2.35. The summed E-state index contributed by atoms with van der Waals surface area (Å²) in [5, 5.41) is 2.13. The van der Waals surface area contributed by atoms with Gasteiger partial charge in [0.1, 0.15) is 5.78 Å². The first-order chi connectivity index (χ1) is 9.69. The summed E-state index contributed by atoms with van der Waals surface area (Å²) in [5.41, 5.74) is 0. The summed E-state index contributed by atoms with van der Waals surface area (Å²) in [6.07, 6.45) is 6.71. The van der Waals surface area contributed by atoms with Crippen LogP contribution in [-0.2, 0) is 11.2 Å². The summed E-state index contributed by atoms with van der Waals surface area (Å²) < 4.78 is 0. The van der Waals surface area contributed by atoms with Crippen LogP contribution in [0.4, 0.5) is 0 Å². The van der Waals surface area contributed by atoms with Crippen LogP contribution in [0.3, 0.4) is 0 Å². The maximum Gasteiger partial charge on any atom is 0.137 e. The molecule has 1 heterocycles. The number of hydrogen-bond acceptors (Lipinski definition) is 3. The van der Waals surface area contributed by atoms with Crippen molar-refractivity contribution in [1.82, 2.24) is 4.90 Å². The van der Waals surface area contributed by atoms with Gasteiger partial charge in [-0.2, -0.15) is 0 Å². The molecule has 0 bridgehead atoms. The fraction of sp³-hybridized carbons (Fsp3) is 0.706. The van der Waals surface area contributed by atoms with Gasteiger partial charge in [-0.3, -0.25) is 4.79 Å². The van der Waals surface area contributed by atoms with E-state index in [9.17, 15) is 4.79 Å². The fourth-order valence-electron chi connectivity index (χ4n) is 3.27. The average molecular weight is 293 g/mol. The maximum atomic E-state index is 12.1. The van der Waals surface area contributed by atoms with Crippen molar-refractivity contribution in [3.63, 3.8) is 0 Å². The Morgan fingerprint density at radius 3 is 3.00 bits per heavy atom. The lowest BCUT2D eigenvalue weighted by atomic mass is 9.78. The van der Waals surface area contributed by atoms with E-state index in [1.807, 2.05) is 11.3 Å². The minimum absolute atomic E-state index is 0.286. The molecule has 2 unspecified atom stereocenters. The summed E-state index contributed by atoms with van der Waals surface area (Å²) in [6, 6.07) is 4.31. The molecule has 2 nitrogen and oxygen atoms in total. The third kappa shape index (κ3) is 4.71. The molecule has 1 fully saturated rings. The molecule has 0 saturated heterocycles. The van der Waals surface area contributed by atoms with Crippen LogP contribution in [0.25, 0.3) is 0 Å². The van der Waals surface area contributed by atoms with Crippen molar-refractivity contribution in [2.75, 3.05) is 20.1 Å². The van der Waals surface area contributed by atoms with Gasteiger partial charge >= 0.3 is 0 Å². The lowest BCUT2D eigenvalue weighted by Gasteiger charge is -2.30. The van der Waals surface area contributed by atoms with Gasteiger partial charge in [-0.1, -0.05) is 25.8 Å². The van der Waals surface area contributed by atoms with E-state index in [4.69, 9.17) is 0 Å². The topological polar surface area (TPSA) is 20.3 Å². The van der Waals surface area contributed by atoms with Crippen molar-refractivity contribution in [2.45, 2.75) is 45.4 Å². The van der Waals surface area contributed by atoms with Crippen LogP contribution in [0.1, 0.15) is 43.9 Å². The van der Waals surface area contributed by atoms with Gasteiger partial charge < -0.3 is 4.90 Å². The number of ketones is 1. The molecule has 1 aromatic rings. The van der Waals surface area contributed by atoms with Gasteiger partial charge in [0, 0.05) is 30.3 Å². The Hall–Kier alpha value is -0.670. The van der Waals surface area contributed by atoms with E-state index in [-0.39, 0.29) is 5.92 Å². The van der Waals surface area contributed by atoms with Crippen molar-refractivity contribution < 1.29 is 4.79 Å². The van der Waals surface area contributed by atoms with E-state index in [0.717, 1.165) is 44.7 Å². The van der Waals surface area contributed by atoms with E-state index in [1.54, 1.807) is 0 Å². The first-order valence-electron chi connectivity index (χ1n) is 7.92. The van der Waals surface area contributed by atoms with Gasteiger partial charge in [0.05, 0.1) is 0 Å². The van der Waals surface area contributed by atoms with Crippen LogP contribution in [0.2, 0.25) is 0 Å². The number of nitrogens with zero attached hydrogens (tertiary/aromatic N) is 1. The van der Waals surface area contributed by atoms with Gasteiger partial charge in [0.15, 0.2) is 0 Å². The highest BCUT2D eigenvalue weighted by Crippen LogP contribution is 2.30. The van der Waals surface area contributed by atoms with Crippen molar-refractivity contribution in [3.8, 4) is 0 Å². The molecular weight excluding hydrogens is 266 g/mol. The zero-order chi connectivity index (χ0) is 14.4. The Balaban J connectivity index is 1.76. The number of rotatable bonds is 7. The molecular formula is C17H27NOS. The summed E-state index contributed by atoms with van der Waals surface area (Å²) in [6.45, 7) is 4.26. The second kappa shape index (κ2) is 7.94. The third-order valence-electron chi connectivity index (χ3n) is 4.42. The van der Waals surface area contributed by atoms with Crippen molar-refractivity contribution in [2.24, 2.45) is 11.8 Å². The molecule has 2 atom stereocenters. The van der Waals surface area contributed by atoms with Crippen molar-refractivity contribution in [3.05, 3.63) is 22.4 Å². The molecule has 0 amide bonds. The highest BCUT2D eigenvalue weighted by atomic mass is 32.1. The third-order valence-corrected chi connectivity index (χ3v) is 5.36. The molecule has 1 saturated carbocycles. The van der Waals surface area contributed by atoms with Crippen molar-refractivity contribution >= 4 is 17.1 Å². The van der Waals surface area contributed by atoms with E-state index < -0.39 is 0 Å². The summed E-state index contributed by atoms with van der Waals surface area (Å²) >= 11 is 1.82. The summed E-state index contributed by atoms with van der Waals surface area (Å²) in [5.74, 6) is 1.57. The van der Waals surface area contributed by atoms with E-state index in [2.05, 4.69) is 36.4 Å². The molecule has 0 spiro atoms. The molecule has 1 aromatic heterocycles. The molecule has 3 heteroatoms. The van der Waals surface area contributed by atoms with E-state index in [0.29, 0.717) is 5.78 Å². The standard InChI is InChI=1S/C17H27NOS/c1-3-5-14-7-8-17(19)15(12-14)13-18(2)10-9-16-6-4-11-20-16/h4,6,11,14-15H,3,5,7-10,12-13H2,1-2H3. The largest absolute Gasteiger partial charge is 0.305 e. The molecule has 0 aliphatic heterocycles. The molecule has 0 radical (unpaired) electrons. The van der Waals surface area contributed by atoms with E-state index in [1.165, 1.54) is 17.7 Å². The molecule has 1 aliphatic carbocycles. The highest BCUT2D eigenvalue weighted by Gasteiger charge is 2.28. The monoisotopic (exact) mass is 293 g/mol. The number of carbonyl (C=O) groups excluding carboxylic acids is 1. The van der Waals surface area contributed by atoms with E-state index >= 15 is 0 Å². The Bertz CT molecular complexity index is 401. The van der Waals surface area contributed by atoms with Crippen molar-refractivity contribution in [1.29, 1.82) is 0 Å². The maximum absolute atomic E-state index is 12.1. The predicted molar refractivity (Wildman–Crippen MR) is 86.3 cm³/mol. The minimum Gasteiger partial charge on any atom is -0.305 e.